The summed E-state index contributed by atoms with van der Waals surface area (Å²) in [6.45, 7) is 8.73. The molecular formula is C18H24N6. The first-order chi connectivity index (χ1) is 11.7. The van der Waals surface area contributed by atoms with Gasteiger partial charge in [0, 0.05) is 26.2 Å². The normalized spacial score (nSPS) is 17.8. The van der Waals surface area contributed by atoms with Crippen molar-refractivity contribution in [2.75, 3.05) is 26.2 Å². The van der Waals surface area contributed by atoms with Crippen LogP contribution in [0.4, 0.5) is 0 Å². The van der Waals surface area contributed by atoms with Crippen molar-refractivity contribution in [3.8, 4) is 11.8 Å². The van der Waals surface area contributed by atoms with Crippen LogP contribution in [0.3, 0.4) is 0 Å². The lowest BCUT2D eigenvalue weighted by atomic mass is 10.0. The number of hydrogen-bond acceptors (Lipinski definition) is 5. The van der Waals surface area contributed by atoms with Gasteiger partial charge in [-0.15, -0.1) is 5.10 Å². The fourth-order valence-corrected chi connectivity index (χ4v) is 3.13. The summed E-state index contributed by atoms with van der Waals surface area (Å²) in [5.74, 6) is 1.21. The van der Waals surface area contributed by atoms with Gasteiger partial charge in [0.2, 0.25) is 0 Å². The van der Waals surface area contributed by atoms with E-state index in [2.05, 4.69) is 39.8 Å². The highest BCUT2D eigenvalue weighted by Gasteiger charge is 2.26. The van der Waals surface area contributed by atoms with E-state index in [1.54, 1.807) is 6.33 Å². The quantitative estimate of drug-likeness (QED) is 0.841. The maximum atomic E-state index is 9.33. The summed E-state index contributed by atoms with van der Waals surface area (Å²) in [6, 6.07) is 12.5. The van der Waals surface area contributed by atoms with Gasteiger partial charge >= 0.3 is 0 Å². The zero-order valence-electron chi connectivity index (χ0n) is 14.3. The molecule has 1 fully saturated rings. The van der Waals surface area contributed by atoms with Gasteiger partial charge in [-0.05, 0) is 18.1 Å². The number of nitriles is 1. The summed E-state index contributed by atoms with van der Waals surface area (Å²) in [5.41, 5.74) is 1.02. The lowest BCUT2D eigenvalue weighted by molar-refractivity contribution is 0.0925. The van der Waals surface area contributed by atoms with E-state index in [9.17, 15) is 5.26 Å². The van der Waals surface area contributed by atoms with E-state index in [-0.39, 0.29) is 6.04 Å². The van der Waals surface area contributed by atoms with Crippen molar-refractivity contribution in [2.24, 2.45) is 5.92 Å². The number of benzene rings is 1. The van der Waals surface area contributed by atoms with Gasteiger partial charge in [-0.25, -0.2) is 9.67 Å². The molecule has 2 heterocycles. The molecule has 1 aliphatic heterocycles. The van der Waals surface area contributed by atoms with Crippen LogP contribution >= 0.6 is 0 Å². The Morgan fingerprint density at radius 2 is 1.83 bits per heavy atom. The largest absolute Gasteiger partial charge is 0.293 e. The molecule has 3 rings (SSSR count). The second kappa shape index (κ2) is 7.56. The van der Waals surface area contributed by atoms with Crippen LogP contribution in [0.1, 0.15) is 19.7 Å². The molecule has 6 nitrogen and oxygen atoms in total. The Balaban J connectivity index is 1.56. The van der Waals surface area contributed by atoms with E-state index in [4.69, 9.17) is 0 Å². The minimum Gasteiger partial charge on any atom is -0.293 e. The summed E-state index contributed by atoms with van der Waals surface area (Å²) < 4.78 is 1.82. The lowest BCUT2D eigenvalue weighted by Crippen LogP contribution is -2.51. The average molecular weight is 324 g/mol. The van der Waals surface area contributed by atoms with Crippen LogP contribution in [0.15, 0.2) is 36.7 Å². The minimum atomic E-state index is 0.0163. The molecule has 1 aliphatic rings. The fraction of sp³-hybridized carbons (Fsp3) is 0.500. The van der Waals surface area contributed by atoms with E-state index in [0.29, 0.717) is 5.92 Å². The zero-order chi connectivity index (χ0) is 16.9. The topological polar surface area (TPSA) is 61.0 Å². The van der Waals surface area contributed by atoms with Crippen molar-refractivity contribution in [1.29, 1.82) is 5.26 Å². The molecule has 126 valence electrons. The van der Waals surface area contributed by atoms with E-state index in [1.165, 1.54) is 0 Å². The van der Waals surface area contributed by atoms with Gasteiger partial charge in [-0.3, -0.25) is 9.80 Å². The molecule has 0 radical (unpaired) electrons. The smallest absolute Gasteiger partial charge is 0.164 e. The average Bonchev–Trinajstić information content (AvgIpc) is 3.06. The van der Waals surface area contributed by atoms with Gasteiger partial charge in [-0.1, -0.05) is 32.0 Å². The van der Waals surface area contributed by atoms with Crippen LogP contribution in [-0.4, -0.2) is 56.8 Å². The Bertz CT molecular complexity index is 679. The number of rotatable bonds is 5. The van der Waals surface area contributed by atoms with E-state index in [0.717, 1.165) is 44.2 Å². The van der Waals surface area contributed by atoms with Crippen molar-refractivity contribution >= 4 is 0 Å². The summed E-state index contributed by atoms with van der Waals surface area (Å²) in [4.78, 5) is 9.08. The molecule has 0 aliphatic carbocycles. The van der Waals surface area contributed by atoms with Crippen molar-refractivity contribution in [3.63, 3.8) is 0 Å². The Morgan fingerprint density at radius 3 is 2.46 bits per heavy atom. The third-order valence-electron chi connectivity index (χ3n) is 4.49. The van der Waals surface area contributed by atoms with Crippen LogP contribution in [0.25, 0.3) is 5.69 Å². The molecule has 1 aromatic heterocycles. The molecule has 0 unspecified atom stereocenters. The summed E-state index contributed by atoms with van der Waals surface area (Å²) in [6.07, 6.45) is 1.77. The Hall–Kier alpha value is -2.23. The van der Waals surface area contributed by atoms with Crippen LogP contribution in [0.5, 0.6) is 0 Å². The number of hydrogen-bond donors (Lipinski definition) is 0. The predicted molar refractivity (Wildman–Crippen MR) is 92.4 cm³/mol. The molecular weight excluding hydrogens is 300 g/mol. The van der Waals surface area contributed by atoms with Crippen LogP contribution in [0.2, 0.25) is 0 Å². The van der Waals surface area contributed by atoms with E-state index >= 15 is 0 Å². The Kier molecular flexibility index (Phi) is 5.24. The van der Waals surface area contributed by atoms with E-state index < -0.39 is 0 Å². The highest BCUT2D eigenvalue weighted by atomic mass is 15.4. The zero-order valence-corrected chi connectivity index (χ0v) is 14.3. The number of aromatic nitrogens is 3. The first kappa shape index (κ1) is 16.6. The molecule has 0 spiro atoms. The van der Waals surface area contributed by atoms with Crippen LogP contribution in [0, 0.1) is 17.2 Å². The van der Waals surface area contributed by atoms with Gasteiger partial charge in [-0.2, -0.15) is 5.26 Å². The standard InChI is InChI=1S/C18H24N6/c1-15(2)17(12-19)23-10-8-22(9-11-23)13-18-20-14-24(21-18)16-6-4-3-5-7-16/h3-7,14-15,17H,8-11,13H2,1-2H3/t17-/m1/s1. The molecule has 0 N–H and O–H groups in total. The minimum absolute atomic E-state index is 0.0163. The SMILES string of the molecule is CC(C)[C@@H](C#N)N1CCN(Cc2ncn(-c3ccccc3)n2)CC1. The molecule has 2 aromatic rings. The van der Waals surface area contributed by atoms with Crippen molar-refractivity contribution in [3.05, 3.63) is 42.5 Å². The third-order valence-corrected chi connectivity index (χ3v) is 4.49. The number of para-hydroxylation sites is 1. The van der Waals surface area contributed by atoms with Crippen LogP contribution < -0.4 is 0 Å². The summed E-state index contributed by atoms with van der Waals surface area (Å²) in [5, 5.41) is 13.9. The highest BCUT2D eigenvalue weighted by Crippen LogP contribution is 2.14. The monoisotopic (exact) mass is 324 g/mol. The summed E-state index contributed by atoms with van der Waals surface area (Å²) in [7, 11) is 0. The highest BCUT2D eigenvalue weighted by molar-refractivity contribution is 5.29. The molecule has 1 atom stereocenters. The second-order valence-electron chi connectivity index (χ2n) is 6.57. The molecule has 0 bridgehead atoms. The molecule has 0 amide bonds. The Labute approximate surface area is 143 Å². The molecule has 24 heavy (non-hydrogen) atoms. The van der Waals surface area contributed by atoms with Gasteiger partial charge < -0.3 is 0 Å². The third kappa shape index (κ3) is 3.81. The first-order valence-electron chi connectivity index (χ1n) is 8.49. The van der Waals surface area contributed by atoms with Crippen molar-refractivity contribution in [1.82, 2.24) is 24.6 Å². The predicted octanol–water partition coefficient (Wildman–Crippen LogP) is 1.93. The summed E-state index contributed by atoms with van der Waals surface area (Å²) >= 11 is 0. The van der Waals surface area contributed by atoms with Gasteiger partial charge in [0.15, 0.2) is 5.82 Å². The maximum Gasteiger partial charge on any atom is 0.164 e. The second-order valence-corrected chi connectivity index (χ2v) is 6.57. The Morgan fingerprint density at radius 1 is 1.12 bits per heavy atom. The van der Waals surface area contributed by atoms with Gasteiger partial charge in [0.1, 0.15) is 12.4 Å². The number of piperazine rings is 1. The molecule has 0 saturated carbocycles. The van der Waals surface area contributed by atoms with Gasteiger partial charge in [0.05, 0.1) is 18.3 Å². The number of nitrogens with zero attached hydrogens (tertiary/aromatic N) is 6. The molecule has 1 aromatic carbocycles. The lowest BCUT2D eigenvalue weighted by Gasteiger charge is -2.37. The van der Waals surface area contributed by atoms with Crippen molar-refractivity contribution in [2.45, 2.75) is 26.4 Å². The van der Waals surface area contributed by atoms with Crippen molar-refractivity contribution < 1.29 is 0 Å². The molecule has 1 saturated heterocycles. The fourth-order valence-electron chi connectivity index (χ4n) is 3.13. The first-order valence-corrected chi connectivity index (χ1v) is 8.49. The molecule has 6 heteroatoms. The van der Waals surface area contributed by atoms with Crippen LogP contribution in [-0.2, 0) is 6.54 Å². The van der Waals surface area contributed by atoms with Gasteiger partial charge in [0.25, 0.3) is 0 Å². The maximum absolute atomic E-state index is 9.33. The van der Waals surface area contributed by atoms with E-state index in [1.807, 2.05) is 35.0 Å².